The third kappa shape index (κ3) is 3.41. The van der Waals surface area contributed by atoms with Crippen LogP contribution in [0.1, 0.15) is 18.5 Å². The highest BCUT2D eigenvalue weighted by Gasteiger charge is 2.20. The average Bonchev–Trinajstić information content (AvgIpc) is 2.35. The maximum absolute atomic E-state index is 9.53. The number of aliphatic hydroxyl groups is 1. The van der Waals surface area contributed by atoms with Gasteiger partial charge in [0.05, 0.1) is 33.5 Å². The highest BCUT2D eigenvalue weighted by molar-refractivity contribution is 5.85. The van der Waals surface area contributed by atoms with E-state index in [-0.39, 0.29) is 12.4 Å². The molecule has 2 atom stereocenters. The second-order valence-electron chi connectivity index (χ2n) is 3.72. The van der Waals surface area contributed by atoms with Crippen molar-refractivity contribution >= 4 is 12.4 Å². The molecule has 5 nitrogen and oxygen atoms in total. The molecule has 1 aromatic rings. The molecule has 0 spiro atoms. The van der Waals surface area contributed by atoms with Gasteiger partial charge in [-0.15, -0.1) is 12.4 Å². The van der Waals surface area contributed by atoms with Gasteiger partial charge in [0.25, 0.3) is 0 Å². The Balaban J connectivity index is 0.00000289. The molecular formula is C12H20ClNO4. The van der Waals surface area contributed by atoms with Crippen LogP contribution in [0.15, 0.2) is 12.1 Å². The molecule has 0 unspecified atom stereocenters. The summed E-state index contributed by atoms with van der Waals surface area (Å²) in [4.78, 5) is 0. The minimum absolute atomic E-state index is 0. The smallest absolute Gasteiger partial charge is 0.164 e. The first-order chi connectivity index (χ1) is 8.04. The maximum atomic E-state index is 9.53. The SMILES string of the molecule is COc1cc(OC)c([C@@H](N)[C@H](C)O)cc1OC.Cl. The first-order valence-electron chi connectivity index (χ1n) is 5.28. The molecule has 6 heteroatoms. The lowest BCUT2D eigenvalue weighted by molar-refractivity contribution is 0.162. The van der Waals surface area contributed by atoms with Crippen LogP contribution in [0, 0.1) is 0 Å². The van der Waals surface area contributed by atoms with E-state index in [0.29, 0.717) is 22.8 Å². The van der Waals surface area contributed by atoms with Gasteiger partial charge in [0.1, 0.15) is 5.75 Å². The third-order valence-corrected chi connectivity index (χ3v) is 2.61. The average molecular weight is 278 g/mol. The van der Waals surface area contributed by atoms with Crippen molar-refractivity contribution in [2.75, 3.05) is 21.3 Å². The Hall–Kier alpha value is -1.17. The first kappa shape index (κ1) is 16.8. The number of hydrogen-bond donors (Lipinski definition) is 2. The van der Waals surface area contributed by atoms with E-state index in [1.54, 1.807) is 40.4 Å². The van der Waals surface area contributed by atoms with Crippen LogP contribution in [0.3, 0.4) is 0 Å². The Labute approximate surface area is 113 Å². The van der Waals surface area contributed by atoms with Gasteiger partial charge in [-0.05, 0) is 13.0 Å². The predicted molar refractivity (Wildman–Crippen MR) is 72.0 cm³/mol. The Morgan fingerprint density at radius 3 is 1.83 bits per heavy atom. The van der Waals surface area contributed by atoms with Crippen molar-refractivity contribution in [2.45, 2.75) is 19.1 Å². The molecule has 0 bridgehead atoms. The largest absolute Gasteiger partial charge is 0.496 e. The van der Waals surface area contributed by atoms with Gasteiger partial charge >= 0.3 is 0 Å². The zero-order valence-electron chi connectivity index (χ0n) is 11.0. The molecule has 0 aliphatic rings. The van der Waals surface area contributed by atoms with E-state index in [1.807, 2.05) is 0 Å². The fourth-order valence-corrected chi connectivity index (χ4v) is 1.57. The van der Waals surface area contributed by atoms with Crippen molar-refractivity contribution in [1.82, 2.24) is 0 Å². The van der Waals surface area contributed by atoms with Gasteiger partial charge in [0, 0.05) is 11.6 Å². The lowest BCUT2D eigenvalue weighted by Gasteiger charge is -2.20. The predicted octanol–water partition coefficient (Wildman–Crippen LogP) is 1.51. The quantitative estimate of drug-likeness (QED) is 0.853. The minimum Gasteiger partial charge on any atom is -0.496 e. The molecule has 0 radical (unpaired) electrons. The number of methoxy groups -OCH3 is 3. The number of hydrogen-bond acceptors (Lipinski definition) is 5. The van der Waals surface area contributed by atoms with Crippen LogP contribution in [0.5, 0.6) is 17.2 Å². The van der Waals surface area contributed by atoms with Gasteiger partial charge in [-0.1, -0.05) is 0 Å². The summed E-state index contributed by atoms with van der Waals surface area (Å²) in [5.74, 6) is 1.68. The normalized spacial score (nSPS) is 13.2. The summed E-state index contributed by atoms with van der Waals surface area (Å²) in [5.41, 5.74) is 6.58. The summed E-state index contributed by atoms with van der Waals surface area (Å²) in [6, 6.07) is 2.87. The number of ether oxygens (including phenoxy) is 3. The summed E-state index contributed by atoms with van der Waals surface area (Å²) in [6.45, 7) is 1.63. The van der Waals surface area contributed by atoms with E-state index in [0.717, 1.165) is 0 Å². The summed E-state index contributed by atoms with van der Waals surface area (Å²) in [6.07, 6.45) is -0.679. The van der Waals surface area contributed by atoms with Gasteiger partial charge in [-0.3, -0.25) is 0 Å². The second kappa shape index (κ2) is 7.31. The van der Waals surface area contributed by atoms with Crippen molar-refractivity contribution in [3.63, 3.8) is 0 Å². The maximum Gasteiger partial charge on any atom is 0.164 e. The fourth-order valence-electron chi connectivity index (χ4n) is 1.57. The van der Waals surface area contributed by atoms with E-state index in [2.05, 4.69) is 0 Å². The van der Waals surface area contributed by atoms with E-state index in [1.165, 1.54) is 0 Å². The molecule has 1 rings (SSSR count). The lowest BCUT2D eigenvalue weighted by atomic mass is 10.0. The van der Waals surface area contributed by atoms with Gasteiger partial charge in [-0.2, -0.15) is 0 Å². The van der Waals surface area contributed by atoms with Crippen LogP contribution in [0.25, 0.3) is 0 Å². The highest BCUT2D eigenvalue weighted by atomic mass is 35.5. The molecule has 0 aliphatic heterocycles. The van der Waals surface area contributed by atoms with Crippen molar-refractivity contribution in [3.8, 4) is 17.2 Å². The molecule has 0 aliphatic carbocycles. The topological polar surface area (TPSA) is 73.9 Å². The molecule has 1 aromatic carbocycles. The molecule has 0 heterocycles. The number of rotatable bonds is 5. The molecule has 104 valence electrons. The second-order valence-corrected chi connectivity index (χ2v) is 3.72. The molecule has 18 heavy (non-hydrogen) atoms. The summed E-state index contributed by atoms with van der Waals surface area (Å²) in [5, 5.41) is 9.53. The Bertz CT molecular complexity index is 385. The Morgan fingerprint density at radius 1 is 1.00 bits per heavy atom. The van der Waals surface area contributed by atoms with Gasteiger partial charge in [0.2, 0.25) is 0 Å². The zero-order chi connectivity index (χ0) is 13.0. The minimum atomic E-state index is -0.679. The zero-order valence-corrected chi connectivity index (χ0v) is 11.8. The molecule has 0 saturated carbocycles. The molecule has 0 saturated heterocycles. The van der Waals surface area contributed by atoms with E-state index >= 15 is 0 Å². The highest BCUT2D eigenvalue weighted by Crippen LogP contribution is 2.37. The Kier molecular flexibility index (Phi) is 6.83. The van der Waals surface area contributed by atoms with Crippen LogP contribution < -0.4 is 19.9 Å². The van der Waals surface area contributed by atoms with Crippen LogP contribution in [-0.4, -0.2) is 32.5 Å². The van der Waals surface area contributed by atoms with Crippen molar-refractivity contribution in [1.29, 1.82) is 0 Å². The number of halogens is 1. The molecule has 0 aromatic heterocycles. The van der Waals surface area contributed by atoms with E-state index in [9.17, 15) is 5.11 Å². The van der Waals surface area contributed by atoms with Gasteiger partial charge in [-0.25, -0.2) is 0 Å². The van der Waals surface area contributed by atoms with E-state index in [4.69, 9.17) is 19.9 Å². The molecule has 3 N–H and O–H groups in total. The van der Waals surface area contributed by atoms with Crippen LogP contribution >= 0.6 is 12.4 Å². The molecule has 0 fully saturated rings. The standard InChI is InChI=1S/C12H19NO4.ClH/c1-7(14)12(13)8-5-10(16-3)11(17-4)6-9(8)15-2;/h5-7,12,14H,13H2,1-4H3;1H/t7-,12-;/m0./s1. The fraction of sp³-hybridized carbons (Fsp3) is 0.500. The first-order valence-corrected chi connectivity index (χ1v) is 5.28. The summed E-state index contributed by atoms with van der Waals surface area (Å²) in [7, 11) is 4.63. The van der Waals surface area contributed by atoms with Gasteiger partial charge < -0.3 is 25.1 Å². The third-order valence-electron chi connectivity index (χ3n) is 2.61. The number of benzene rings is 1. The lowest BCUT2D eigenvalue weighted by Crippen LogP contribution is -2.23. The van der Waals surface area contributed by atoms with E-state index < -0.39 is 12.1 Å². The summed E-state index contributed by atoms with van der Waals surface area (Å²) < 4.78 is 15.6. The molecular weight excluding hydrogens is 258 g/mol. The van der Waals surface area contributed by atoms with Crippen molar-refractivity contribution in [3.05, 3.63) is 17.7 Å². The summed E-state index contributed by atoms with van der Waals surface area (Å²) >= 11 is 0. The van der Waals surface area contributed by atoms with Crippen LogP contribution in [0.4, 0.5) is 0 Å². The van der Waals surface area contributed by atoms with Gasteiger partial charge in [0.15, 0.2) is 11.5 Å². The van der Waals surface area contributed by atoms with Crippen molar-refractivity contribution < 1.29 is 19.3 Å². The number of aliphatic hydroxyl groups excluding tert-OH is 1. The Morgan fingerprint density at radius 2 is 1.44 bits per heavy atom. The number of nitrogens with two attached hydrogens (primary N) is 1. The monoisotopic (exact) mass is 277 g/mol. The van der Waals surface area contributed by atoms with Crippen molar-refractivity contribution in [2.24, 2.45) is 5.73 Å². The van der Waals surface area contributed by atoms with Crippen LogP contribution in [-0.2, 0) is 0 Å². The van der Waals surface area contributed by atoms with Crippen LogP contribution in [0.2, 0.25) is 0 Å². The molecule has 0 amide bonds.